The summed E-state index contributed by atoms with van der Waals surface area (Å²) >= 11 is 6.23. The van der Waals surface area contributed by atoms with E-state index < -0.39 is 0 Å². The standard InChI is InChI=1S/C25H30ClN3O/c26-20-7-8-23-21(17-20)22(18-27-23)19-9-13-28(14-10-19)11-3-4-12-29-15-16-30-25-6-2-1-5-24(25)29/h1-2,5-8,17-19,27H,3-4,9-16H2. The van der Waals surface area contributed by atoms with E-state index in [2.05, 4.69) is 57.4 Å². The summed E-state index contributed by atoms with van der Waals surface area (Å²) < 4.78 is 5.77. The molecule has 1 fully saturated rings. The fourth-order valence-corrected chi connectivity index (χ4v) is 5.19. The molecule has 0 radical (unpaired) electrons. The van der Waals surface area contributed by atoms with Crippen LogP contribution in [0.1, 0.15) is 37.2 Å². The highest BCUT2D eigenvalue weighted by Crippen LogP contribution is 2.34. The molecule has 0 saturated carbocycles. The number of H-pyrrole nitrogens is 1. The van der Waals surface area contributed by atoms with Crippen molar-refractivity contribution in [3.05, 3.63) is 59.2 Å². The minimum atomic E-state index is 0.637. The predicted octanol–water partition coefficient (Wildman–Crippen LogP) is 5.68. The number of halogens is 1. The van der Waals surface area contributed by atoms with Crippen LogP contribution in [0.5, 0.6) is 5.75 Å². The number of aromatic amines is 1. The lowest BCUT2D eigenvalue weighted by molar-refractivity contribution is 0.209. The van der Waals surface area contributed by atoms with Crippen LogP contribution in [-0.2, 0) is 0 Å². The number of hydrogen-bond donors (Lipinski definition) is 1. The van der Waals surface area contributed by atoms with E-state index in [1.807, 2.05) is 6.07 Å². The van der Waals surface area contributed by atoms with Crippen molar-refractivity contribution in [2.45, 2.75) is 31.6 Å². The van der Waals surface area contributed by atoms with Crippen molar-refractivity contribution in [3.63, 3.8) is 0 Å². The Morgan fingerprint density at radius 1 is 1.00 bits per heavy atom. The van der Waals surface area contributed by atoms with E-state index >= 15 is 0 Å². The van der Waals surface area contributed by atoms with E-state index in [4.69, 9.17) is 16.3 Å². The summed E-state index contributed by atoms with van der Waals surface area (Å²) in [5.41, 5.74) is 3.89. The molecule has 0 amide bonds. The number of piperidine rings is 1. The van der Waals surface area contributed by atoms with Crippen LogP contribution in [-0.4, -0.2) is 49.2 Å². The van der Waals surface area contributed by atoms with Gasteiger partial charge < -0.3 is 19.5 Å². The molecule has 3 aromatic rings. The minimum Gasteiger partial charge on any atom is -0.490 e. The Bertz CT molecular complexity index is 993. The predicted molar refractivity (Wildman–Crippen MR) is 125 cm³/mol. The topological polar surface area (TPSA) is 31.5 Å². The molecule has 0 aliphatic carbocycles. The smallest absolute Gasteiger partial charge is 0.142 e. The van der Waals surface area contributed by atoms with Crippen molar-refractivity contribution in [1.29, 1.82) is 0 Å². The van der Waals surface area contributed by atoms with Crippen molar-refractivity contribution in [2.75, 3.05) is 44.2 Å². The summed E-state index contributed by atoms with van der Waals surface area (Å²) in [6, 6.07) is 14.6. The van der Waals surface area contributed by atoms with Gasteiger partial charge in [0.25, 0.3) is 0 Å². The van der Waals surface area contributed by atoms with Crippen LogP contribution in [0.15, 0.2) is 48.7 Å². The number of fused-ring (bicyclic) bond motifs is 2. The second-order valence-corrected chi connectivity index (χ2v) is 9.00. The molecule has 30 heavy (non-hydrogen) atoms. The van der Waals surface area contributed by atoms with Gasteiger partial charge >= 0.3 is 0 Å². The van der Waals surface area contributed by atoms with Gasteiger partial charge in [-0.2, -0.15) is 0 Å². The summed E-state index contributed by atoms with van der Waals surface area (Å²) in [6.45, 7) is 6.50. The molecule has 3 heterocycles. The SMILES string of the molecule is Clc1ccc2[nH]cc(C3CCN(CCCCN4CCOc5ccccc54)CC3)c2c1. The third-order valence-corrected chi connectivity index (χ3v) is 6.92. The zero-order valence-electron chi connectivity index (χ0n) is 17.4. The van der Waals surface area contributed by atoms with Gasteiger partial charge in [0.05, 0.1) is 12.2 Å². The maximum absolute atomic E-state index is 6.23. The third kappa shape index (κ3) is 4.17. The van der Waals surface area contributed by atoms with Crippen molar-refractivity contribution in [1.82, 2.24) is 9.88 Å². The number of nitrogens with one attached hydrogen (secondary N) is 1. The van der Waals surface area contributed by atoms with Gasteiger partial charge in [-0.3, -0.25) is 0 Å². The second kappa shape index (κ2) is 8.91. The number of rotatable bonds is 6. The van der Waals surface area contributed by atoms with Gasteiger partial charge in [0.15, 0.2) is 0 Å². The molecule has 0 atom stereocenters. The molecular weight excluding hydrogens is 394 g/mol. The zero-order chi connectivity index (χ0) is 20.3. The fraction of sp³-hybridized carbons (Fsp3) is 0.440. The lowest BCUT2D eigenvalue weighted by Gasteiger charge is -2.33. The highest BCUT2D eigenvalue weighted by molar-refractivity contribution is 6.31. The zero-order valence-corrected chi connectivity index (χ0v) is 18.2. The summed E-state index contributed by atoms with van der Waals surface area (Å²) in [4.78, 5) is 8.54. The normalized spacial score (nSPS) is 17.8. The van der Waals surface area contributed by atoms with Crippen LogP contribution < -0.4 is 9.64 Å². The molecular formula is C25H30ClN3O. The molecule has 2 aromatic carbocycles. The second-order valence-electron chi connectivity index (χ2n) is 8.56. The Kier molecular flexibility index (Phi) is 5.87. The lowest BCUT2D eigenvalue weighted by atomic mass is 9.89. The van der Waals surface area contributed by atoms with Gasteiger partial charge in [0.2, 0.25) is 0 Å². The first-order chi connectivity index (χ1) is 14.8. The minimum absolute atomic E-state index is 0.637. The molecule has 0 spiro atoms. The lowest BCUT2D eigenvalue weighted by Crippen LogP contribution is -2.35. The Morgan fingerprint density at radius 3 is 2.73 bits per heavy atom. The van der Waals surface area contributed by atoms with Gasteiger partial charge in [-0.05, 0) is 87.1 Å². The quantitative estimate of drug-likeness (QED) is 0.517. The van der Waals surface area contributed by atoms with E-state index in [0.29, 0.717) is 5.92 Å². The van der Waals surface area contributed by atoms with Crippen LogP contribution in [0.2, 0.25) is 5.02 Å². The molecule has 1 aromatic heterocycles. The van der Waals surface area contributed by atoms with E-state index in [-0.39, 0.29) is 0 Å². The average Bonchev–Trinajstić information content (AvgIpc) is 3.20. The number of benzene rings is 2. The van der Waals surface area contributed by atoms with Crippen LogP contribution in [0.3, 0.4) is 0 Å². The molecule has 0 unspecified atom stereocenters. The molecule has 4 nitrogen and oxygen atoms in total. The van der Waals surface area contributed by atoms with Crippen molar-refractivity contribution in [2.24, 2.45) is 0 Å². The van der Waals surface area contributed by atoms with Crippen LogP contribution in [0.4, 0.5) is 5.69 Å². The van der Waals surface area contributed by atoms with E-state index in [0.717, 1.165) is 30.5 Å². The molecule has 2 aliphatic rings. The van der Waals surface area contributed by atoms with E-state index in [1.54, 1.807) is 0 Å². The highest BCUT2D eigenvalue weighted by Gasteiger charge is 2.23. The largest absolute Gasteiger partial charge is 0.490 e. The number of ether oxygens (including phenoxy) is 1. The Morgan fingerprint density at radius 2 is 1.83 bits per heavy atom. The van der Waals surface area contributed by atoms with Gasteiger partial charge in [-0.15, -0.1) is 0 Å². The summed E-state index contributed by atoms with van der Waals surface area (Å²) in [5.74, 6) is 1.67. The molecule has 5 rings (SSSR count). The maximum Gasteiger partial charge on any atom is 0.142 e. The first kappa shape index (κ1) is 19.8. The van der Waals surface area contributed by atoms with Gasteiger partial charge in [-0.25, -0.2) is 0 Å². The summed E-state index contributed by atoms with van der Waals surface area (Å²) in [6.07, 6.45) is 7.15. The number of anilines is 1. The summed E-state index contributed by atoms with van der Waals surface area (Å²) in [7, 11) is 0. The monoisotopic (exact) mass is 423 g/mol. The number of para-hydroxylation sites is 2. The van der Waals surface area contributed by atoms with Gasteiger partial charge in [-0.1, -0.05) is 23.7 Å². The fourth-order valence-electron chi connectivity index (χ4n) is 5.02. The third-order valence-electron chi connectivity index (χ3n) is 6.68. The van der Waals surface area contributed by atoms with Crippen LogP contribution in [0.25, 0.3) is 10.9 Å². The number of likely N-dealkylation sites (tertiary alicyclic amines) is 1. The molecule has 0 bridgehead atoms. The maximum atomic E-state index is 6.23. The number of aromatic nitrogens is 1. The molecule has 5 heteroatoms. The molecule has 1 saturated heterocycles. The van der Waals surface area contributed by atoms with Crippen molar-refractivity contribution >= 4 is 28.2 Å². The summed E-state index contributed by atoms with van der Waals surface area (Å²) in [5, 5.41) is 2.12. The van der Waals surface area contributed by atoms with Gasteiger partial charge in [0, 0.05) is 28.7 Å². The van der Waals surface area contributed by atoms with Crippen molar-refractivity contribution < 1.29 is 4.74 Å². The Hall–Kier alpha value is -2.17. The van der Waals surface area contributed by atoms with Crippen LogP contribution >= 0.6 is 11.6 Å². The highest BCUT2D eigenvalue weighted by atomic mass is 35.5. The Balaban J connectivity index is 1.09. The van der Waals surface area contributed by atoms with Crippen LogP contribution in [0, 0.1) is 0 Å². The molecule has 2 aliphatic heterocycles. The number of unbranched alkanes of at least 4 members (excludes halogenated alkanes) is 1. The van der Waals surface area contributed by atoms with Gasteiger partial charge in [0.1, 0.15) is 12.4 Å². The average molecular weight is 424 g/mol. The first-order valence-corrected chi connectivity index (χ1v) is 11.6. The number of nitrogens with zero attached hydrogens (tertiary/aromatic N) is 2. The first-order valence-electron chi connectivity index (χ1n) is 11.2. The number of hydrogen-bond acceptors (Lipinski definition) is 3. The van der Waals surface area contributed by atoms with E-state index in [1.165, 1.54) is 67.5 Å². The molecule has 1 N–H and O–H groups in total. The van der Waals surface area contributed by atoms with E-state index in [9.17, 15) is 0 Å². The Labute approximate surface area is 183 Å². The van der Waals surface area contributed by atoms with Crippen molar-refractivity contribution in [3.8, 4) is 5.75 Å². The molecule has 158 valence electrons.